The van der Waals surface area contributed by atoms with E-state index < -0.39 is 0 Å². The van der Waals surface area contributed by atoms with Gasteiger partial charge in [-0.1, -0.05) is 0 Å². The lowest BCUT2D eigenvalue weighted by molar-refractivity contribution is 0.0733. The number of aryl methyl sites for hydroxylation is 2. The van der Waals surface area contributed by atoms with E-state index in [0.717, 1.165) is 36.3 Å². The van der Waals surface area contributed by atoms with E-state index in [-0.39, 0.29) is 0 Å². The summed E-state index contributed by atoms with van der Waals surface area (Å²) in [5, 5.41) is 0. The fourth-order valence-corrected chi connectivity index (χ4v) is 5.39. The van der Waals surface area contributed by atoms with Gasteiger partial charge in [0, 0.05) is 49.7 Å². The van der Waals surface area contributed by atoms with Crippen LogP contribution in [-0.2, 0) is 13.1 Å². The summed E-state index contributed by atoms with van der Waals surface area (Å²) < 4.78 is 4.48. The molecule has 192 valence electrons. The third-order valence-corrected chi connectivity index (χ3v) is 7.40. The third-order valence-electron chi connectivity index (χ3n) is 7.40. The van der Waals surface area contributed by atoms with Crippen molar-refractivity contribution in [3.05, 3.63) is 36.4 Å². The largest absolute Gasteiger partial charge is 0.337 e. The van der Waals surface area contributed by atoms with Gasteiger partial charge in [0.2, 0.25) is 0 Å². The molecule has 4 heterocycles. The summed E-state index contributed by atoms with van der Waals surface area (Å²) in [6, 6.07) is 0. The maximum atomic E-state index is 4.30. The highest BCUT2D eigenvalue weighted by Gasteiger charge is 2.28. The van der Waals surface area contributed by atoms with Crippen LogP contribution >= 0.6 is 0 Å². The monoisotopic (exact) mass is 470 g/mol. The number of aromatic nitrogens is 4. The molecule has 0 spiro atoms. The molecular weight excluding hydrogens is 420 g/mol. The van der Waals surface area contributed by atoms with Crippen LogP contribution in [0, 0.1) is 25.7 Å². The molecule has 2 aromatic rings. The molecule has 0 amide bonds. The maximum Gasteiger partial charge on any atom is 0.0949 e. The van der Waals surface area contributed by atoms with Crippen LogP contribution in [0.25, 0.3) is 0 Å². The molecule has 2 saturated heterocycles. The van der Waals surface area contributed by atoms with Crippen LogP contribution in [0.15, 0.2) is 25.0 Å². The summed E-state index contributed by atoms with van der Waals surface area (Å²) in [4.78, 5) is 13.8. The van der Waals surface area contributed by atoms with E-state index in [1.54, 1.807) is 0 Å². The fraction of sp³-hybridized carbons (Fsp3) is 0.786. The van der Waals surface area contributed by atoms with Crippen molar-refractivity contribution in [1.29, 1.82) is 0 Å². The number of likely N-dealkylation sites (tertiary alicyclic amines) is 2. The second-order valence-corrected chi connectivity index (χ2v) is 12.7. The van der Waals surface area contributed by atoms with Crippen molar-refractivity contribution >= 4 is 0 Å². The highest BCUT2D eigenvalue weighted by atomic mass is 15.2. The Kier molecular flexibility index (Phi) is 9.02. The Labute approximate surface area is 208 Å². The van der Waals surface area contributed by atoms with E-state index in [2.05, 4.69) is 96.7 Å². The fourth-order valence-electron chi connectivity index (χ4n) is 5.39. The highest BCUT2D eigenvalue weighted by molar-refractivity contribution is 4.94. The molecule has 2 aromatic heterocycles. The standard InChI is InChI=1S/2C14H25N3/c2*1-12-8-16(11-15-12)9-13-6-5-7-17(10-13)14(2,3)4/h2*8,11,13H,5-7,9-10H2,1-4H3/t2*13-/m00/s1. The molecule has 2 aliphatic heterocycles. The Morgan fingerprint density at radius 1 is 0.706 bits per heavy atom. The minimum atomic E-state index is 0.309. The number of nitrogens with zero attached hydrogens (tertiary/aromatic N) is 6. The minimum absolute atomic E-state index is 0.309. The average Bonchev–Trinajstić information content (AvgIpc) is 3.35. The van der Waals surface area contributed by atoms with Crippen molar-refractivity contribution in [2.24, 2.45) is 11.8 Å². The van der Waals surface area contributed by atoms with Crippen LogP contribution in [0.1, 0.15) is 78.6 Å². The van der Waals surface area contributed by atoms with Crippen molar-refractivity contribution < 1.29 is 0 Å². The van der Waals surface area contributed by atoms with Gasteiger partial charge in [-0.25, -0.2) is 9.97 Å². The van der Waals surface area contributed by atoms with Crippen molar-refractivity contribution in [2.75, 3.05) is 26.2 Å². The Morgan fingerprint density at radius 3 is 1.38 bits per heavy atom. The van der Waals surface area contributed by atoms with Gasteiger partial charge in [0.1, 0.15) is 0 Å². The predicted molar refractivity (Wildman–Crippen MR) is 142 cm³/mol. The molecule has 0 aliphatic carbocycles. The number of piperidine rings is 2. The molecule has 2 fully saturated rings. The van der Waals surface area contributed by atoms with Gasteiger partial charge in [-0.2, -0.15) is 0 Å². The van der Waals surface area contributed by atoms with Crippen molar-refractivity contribution in [3.8, 4) is 0 Å². The number of hydrogen-bond donors (Lipinski definition) is 0. The van der Waals surface area contributed by atoms with Gasteiger partial charge in [-0.05, 0) is 106 Å². The maximum absolute atomic E-state index is 4.30. The van der Waals surface area contributed by atoms with Crippen molar-refractivity contribution in [3.63, 3.8) is 0 Å². The molecule has 2 aliphatic rings. The van der Waals surface area contributed by atoms with Crippen LogP contribution < -0.4 is 0 Å². The first-order valence-electron chi connectivity index (χ1n) is 13.4. The Bertz CT molecular complexity index is 796. The lowest BCUT2D eigenvalue weighted by Gasteiger charge is -2.41. The molecule has 34 heavy (non-hydrogen) atoms. The summed E-state index contributed by atoms with van der Waals surface area (Å²) in [6.07, 6.45) is 13.6. The molecule has 0 aromatic carbocycles. The molecule has 6 nitrogen and oxygen atoms in total. The second-order valence-electron chi connectivity index (χ2n) is 12.7. The van der Waals surface area contributed by atoms with E-state index in [1.165, 1.54) is 51.9 Å². The molecule has 0 radical (unpaired) electrons. The van der Waals surface area contributed by atoms with E-state index in [0.29, 0.717) is 11.1 Å². The zero-order valence-electron chi connectivity index (χ0n) is 23.2. The third kappa shape index (κ3) is 8.23. The van der Waals surface area contributed by atoms with Crippen LogP contribution in [0.5, 0.6) is 0 Å². The summed E-state index contributed by atoms with van der Waals surface area (Å²) in [7, 11) is 0. The van der Waals surface area contributed by atoms with Gasteiger partial charge in [0.15, 0.2) is 0 Å². The number of rotatable bonds is 4. The summed E-state index contributed by atoms with van der Waals surface area (Å²) >= 11 is 0. The molecule has 0 unspecified atom stereocenters. The molecule has 0 N–H and O–H groups in total. The Morgan fingerprint density at radius 2 is 1.09 bits per heavy atom. The Hall–Kier alpha value is -1.66. The number of imidazole rings is 2. The van der Waals surface area contributed by atoms with E-state index in [4.69, 9.17) is 0 Å². The average molecular weight is 471 g/mol. The normalized spacial score (nSPS) is 22.9. The first-order chi connectivity index (χ1) is 15.9. The second kappa shape index (κ2) is 11.4. The van der Waals surface area contributed by atoms with Crippen molar-refractivity contribution in [1.82, 2.24) is 28.9 Å². The molecule has 6 heteroatoms. The van der Waals surface area contributed by atoms with Gasteiger partial charge >= 0.3 is 0 Å². The topological polar surface area (TPSA) is 42.1 Å². The Balaban J connectivity index is 0.000000191. The lowest BCUT2D eigenvalue weighted by atomic mass is 9.93. The first-order valence-corrected chi connectivity index (χ1v) is 13.4. The first kappa shape index (κ1) is 26.9. The van der Waals surface area contributed by atoms with Crippen LogP contribution in [-0.4, -0.2) is 66.2 Å². The molecule has 4 rings (SSSR count). The number of hydrogen-bond acceptors (Lipinski definition) is 4. The van der Waals surface area contributed by atoms with Crippen LogP contribution in [0.2, 0.25) is 0 Å². The SMILES string of the molecule is Cc1cn(C[C@@H]2CCCN(C(C)(C)C)C2)cn1.Cc1cn(C[C@@H]2CCCN(C(C)(C)C)C2)cn1. The molecule has 0 bridgehead atoms. The zero-order valence-corrected chi connectivity index (χ0v) is 23.2. The van der Waals surface area contributed by atoms with E-state index >= 15 is 0 Å². The van der Waals surface area contributed by atoms with Gasteiger partial charge < -0.3 is 9.13 Å². The zero-order chi connectivity index (χ0) is 24.9. The van der Waals surface area contributed by atoms with E-state index in [9.17, 15) is 0 Å². The molecular formula is C28H50N6. The van der Waals surface area contributed by atoms with Crippen LogP contribution in [0.4, 0.5) is 0 Å². The summed E-state index contributed by atoms with van der Waals surface area (Å²) in [5.41, 5.74) is 2.86. The van der Waals surface area contributed by atoms with Crippen LogP contribution in [0.3, 0.4) is 0 Å². The predicted octanol–water partition coefficient (Wildman–Crippen LogP) is 5.40. The minimum Gasteiger partial charge on any atom is -0.337 e. The summed E-state index contributed by atoms with van der Waals surface area (Å²) in [5.74, 6) is 1.55. The highest BCUT2D eigenvalue weighted by Crippen LogP contribution is 2.25. The summed E-state index contributed by atoms with van der Waals surface area (Å²) in [6.45, 7) is 25.2. The van der Waals surface area contributed by atoms with Gasteiger partial charge in [-0.3, -0.25) is 9.80 Å². The van der Waals surface area contributed by atoms with Gasteiger partial charge in [0.05, 0.1) is 24.0 Å². The van der Waals surface area contributed by atoms with Gasteiger partial charge in [0.25, 0.3) is 0 Å². The van der Waals surface area contributed by atoms with E-state index in [1.807, 2.05) is 12.7 Å². The van der Waals surface area contributed by atoms with Gasteiger partial charge in [-0.15, -0.1) is 0 Å². The van der Waals surface area contributed by atoms with Crippen molar-refractivity contribution in [2.45, 2.75) is 105 Å². The molecule has 2 atom stereocenters. The molecule has 0 saturated carbocycles. The lowest BCUT2D eigenvalue weighted by Crippen LogP contribution is -2.47. The quantitative estimate of drug-likeness (QED) is 0.600. The smallest absolute Gasteiger partial charge is 0.0949 e.